The first-order valence-electron chi connectivity index (χ1n) is 6.52. The zero-order valence-corrected chi connectivity index (χ0v) is 12.2. The van der Waals surface area contributed by atoms with Gasteiger partial charge in [-0.05, 0) is 24.3 Å². The summed E-state index contributed by atoms with van der Waals surface area (Å²) in [5, 5.41) is 13.9. The molecule has 1 N–H and O–H groups in total. The molecule has 0 atom stereocenters. The topological polar surface area (TPSA) is 46.3 Å². The summed E-state index contributed by atoms with van der Waals surface area (Å²) in [6.45, 7) is -0.519. The second-order valence-corrected chi connectivity index (χ2v) is 5.16. The van der Waals surface area contributed by atoms with E-state index in [1.54, 1.807) is 24.3 Å². The fraction of sp³-hybridized carbons (Fsp3) is 0.0625. The Labute approximate surface area is 133 Å². The molecule has 2 aromatic carbocycles. The number of halogens is 4. The molecule has 1 aromatic heterocycles. The van der Waals surface area contributed by atoms with Gasteiger partial charge in [-0.1, -0.05) is 28.9 Å². The Morgan fingerprint density at radius 1 is 1.00 bits per heavy atom. The highest BCUT2D eigenvalue weighted by Crippen LogP contribution is 2.35. The average molecular weight is 340 g/mol. The fourth-order valence-corrected chi connectivity index (χ4v) is 2.33. The smallest absolute Gasteiger partial charge is 0.195 e. The molecule has 3 rings (SSSR count). The van der Waals surface area contributed by atoms with E-state index in [1.807, 2.05) is 0 Å². The van der Waals surface area contributed by atoms with Crippen LogP contribution >= 0.6 is 11.6 Å². The van der Waals surface area contributed by atoms with E-state index in [-0.39, 0.29) is 22.6 Å². The molecule has 0 fully saturated rings. The highest BCUT2D eigenvalue weighted by molar-refractivity contribution is 6.30. The van der Waals surface area contributed by atoms with Crippen LogP contribution in [0.1, 0.15) is 5.56 Å². The first kappa shape index (κ1) is 15.6. The number of aliphatic hydroxyl groups excluding tert-OH is 1. The number of rotatable bonds is 3. The van der Waals surface area contributed by atoms with Crippen molar-refractivity contribution in [3.05, 3.63) is 64.4 Å². The van der Waals surface area contributed by atoms with E-state index < -0.39 is 24.1 Å². The van der Waals surface area contributed by atoms with Crippen LogP contribution in [0.2, 0.25) is 5.02 Å². The summed E-state index contributed by atoms with van der Waals surface area (Å²) >= 11 is 5.81. The van der Waals surface area contributed by atoms with Gasteiger partial charge in [0.05, 0.1) is 17.7 Å². The second kappa shape index (κ2) is 6.06. The monoisotopic (exact) mass is 339 g/mol. The van der Waals surface area contributed by atoms with Crippen LogP contribution in [0, 0.1) is 17.5 Å². The maximum atomic E-state index is 13.9. The lowest BCUT2D eigenvalue weighted by atomic mass is 10.0. The van der Waals surface area contributed by atoms with Gasteiger partial charge in [-0.3, -0.25) is 0 Å². The summed E-state index contributed by atoms with van der Waals surface area (Å²) in [5.74, 6) is -4.49. The van der Waals surface area contributed by atoms with E-state index >= 15 is 0 Å². The van der Waals surface area contributed by atoms with Crippen molar-refractivity contribution in [2.24, 2.45) is 0 Å². The number of aromatic nitrogens is 1. The van der Waals surface area contributed by atoms with Crippen molar-refractivity contribution >= 4 is 11.6 Å². The van der Waals surface area contributed by atoms with Gasteiger partial charge in [0.15, 0.2) is 23.2 Å². The lowest BCUT2D eigenvalue weighted by Crippen LogP contribution is -1.96. The maximum Gasteiger partial charge on any atom is 0.195 e. The van der Waals surface area contributed by atoms with Gasteiger partial charge in [0.1, 0.15) is 5.69 Å². The molecule has 118 valence electrons. The molecule has 0 aliphatic rings. The minimum Gasteiger partial charge on any atom is -0.391 e. The van der Waals surface area contributed by atoms with Crippen molar-refractivity contribution in [1.82, 2.24) is 5.16 Å². The second-order valence-electron chi connectivity index (χ2n) is 4.73. The Morgan fingerprint density at radius 2 is 1.70 bits per heavy atom. The quantitative estimate of drug-likeness (QED) is 0.711. The molecular formula is C16H9ClF3NO2. The molecule has 0 spiro atoms. The van der Waals surface area contributed by atoms with Crippen LogP contribution < -0.4 is 0 Å². The number of benzene rings is 2. The zero-order valence-electron chi connectivity index (χ0n) is 11.5. The Balaban J connectivity index is 2.16. The van der Waals surface area contributed by atoms with Crippen molar-refractivity contribution in [1.29, 1.82) is 0 Å². The fourth-order valence-electron chi connectivity index (χ4n) is 2.20. The van der Waals surface area contributed by atoms with Gasteiger partial charge in [0.25, 0.3) is 0 Å². The van der Waals surface area contributed by atoms with Crippen molar-refractivity contribution < 1.29 is 22.8 Å². The van der Waals surface area contributed by atoms with Crippen molar-refractivity contribution in [2.75, 3.05) is 0 Å². The van der Waals surface area contributed by atoms with Crippen LogP contribution in [0.15, 0.2) is 40.9 Å². The lowest BCUT2D eigenvalue weighted by Gasteiger charge is -2.04. The van der Waals surface area contributed by atoms with Crippen LogP contribution in [-0.2, 0) is 6.61 Å². The van der Waals surface area contributed by atoms with Gasteiger partial charge in [-0.2, -0.15) is 0 Å². The SMILES string of the molecule is OCc1c(-c2ccc(Cl)cc2)noc1-c1ccc(F)c(F)c1F. The van der Waals surface area contributed by atoms with Crippen LogP contribution in [0.3, 0.4) is 0 Å². The Hall–Kier alpha value is -2.31. The molecule has 1 heterocycles. The molecule has 0 radical (unpaired) electrons. The van der Waals surface area contributed by atoms with Crippen molar-refractivity contribution in [2.45, 2.75) is 6.61 Å². The standard InChI is InChI=1S/C16H9ClF3NO2/c17-9-3-1-8(2-4-9)15-11(7-22)16(23-21-15)10-5-6-12(18)14(20)13(10)19/h1-6,22H,7H2. The number of hydrogen-bond donors (Lipinski definition) is 1. The minimum absolute atomic E-state index is 0.158. The minimum atomic E-state index is -1.61. The third-order valence-corrected chi connectivity index (χ3v) is 3.60. The van der Waals surface area contributed by atoms with E-state index in [4.69, 9.17) is 16.1 Å². The molecule has 0 aliphatic heterocycles. The number of nitrogens with zero attached hydrogens (tertiary/aromatic N) is 1. The van der Waals surface area contributed by atoms with Crippen molar-refractivity contribution in [3.8, 4) is 22.6 Å². The highest BCUT2D eigenvalue weighted by Gasteiger charge is 2.23. The molecule has 7 heteroatoms. The number of hydrogen-bond acceptors (Lipinski definition) is 3. The molecule has 0 amide bonds. The van der Waals surface area contributed by atoms with E-state index in [0.29, 0.717) is 10.6 Å². The molecule has 3 aromatic rings. The number of aliphatic hydroxyl groups is 1. The maximum absolute atomic E-state index is 13.9. The third-order valence-electron chi connectivity index (χ3n) is 3.34. The third kappa shape index (κ3) is 2.71. The summed E-state index contributed by atoms with van der Waals surface area (Å²) in [6, 6.07) is 8.32. The molecule has 0 unspecified atom stereocenters. The molecular weight excluding hydrogens is 331 g/mol. The van der Waals surface area contributed by atoms with E-state index in [1.165, 1.54) is 0 Å². The van der Waals surface area contributed by atoms with Gasteiger partial charge in [0, 0.05) is 10.6 Å². The normalized spacial score (nSPS) is 11.0. The molecule has 0 aliphatic carbocycles. The van der Waals surface area contributed by atoms with Gasteiger partial charge in [-0.15, -0.1) is 0 Å². The van der Waals surface area contributed by atoms with E-state index in [9.17, 15) is 18.3 Å². The van der Waals surface area contributed by atoms with Gasteiger partial charge in [-0.25, -0.2) is 13.2 Å². The summed E-state index contributed by atoms with van der Waals surface area (Å²) in [6.07, 6.45) is 0. The summed E-state index contributed by atoms with van der Waals surface area (Å²) in [5.41, 5.74) is 0.692. The largest absolute Gasteiger partial charge is 0.391 e. The predicted molar refractivity (Wildman–Crippen MR) is 78.2 cm³/mol. The Morgan fingerprint density at radius 3 is 2.35 bits per heavy atom. The van der Waals surface area contributed by atoms with Crippen LogP contribution in [0.25, 0.3) is 22.6 Å². The zero-order chi connectivity index (χ0) is 16.6. The molecule has 0 saturated heterocycles. The summed E-state index contributed by atoms with van der Waals surface area (Å²) in [4.78, 5) is 0. The van der Waals surface area contributed by atoms with E-state index in [0.717, 1.165) is 12.1 Å². The predicted octanol–water partition coefficient (Wildman–Crippen LogP) is 4.57. The molecule has 3 nitrogen and oxygen atoms in total. The van der Waals surface area contributed by atoms with Gasteiger partial charge >= 0.3 is 0 Å². The van der Waals surface area contributed by atoms with Crippen LogP contribution in [-0.4, -0.2) is 10.3 Å². The highest BCUT2D eigenvalue weighted by atomic mass is 35.5. The van der Waals surface area contributed by atoms with Gasteiger partial charge < -0.3 is 9.63 Å². The molecule has 0 saturated carbocycles. The Bertz CT molecular complexity index is 863. The first-order valence-corrected chi connectivity index (χ1v) is 6.90. The molecule has 0 bridgehead atoms. The first-order chi connectivity index (χ1) is 11.0. The van der Waals surface area contributed by atoms with Gasteiger partial charge in [0.2, 0.25) is 0 Å². The Kier molecular flexibility index (Phi) is 4.11. The van der Waals surface area contributed by atoms with E-state index in [2.05, 4.69) is 5.16 Å². The van der Waals surface area contributed by atoms with Crippen LogP contribution in [0.4, 0.5) is 13.2 Å². The van der Waals surface area contributed by atoms with Crippen molar-refractivity contribution in [3.63, 3.8) is 0 Å². The lowest BCUT2D eigenvalue weighted by molar-refractivity contribution is 0.281. The summed E-state index contributed by atoms with van der Waals surface area (Å²) < 4.78 is 45.4. The summed E-state index contributed by atoms with van der Waals surface area (Å²) in [7, 11) is 0. The average Bonchev–Trinajstić information content (AvgIpc) is 2.97. The van der Waals surface area contributed by atoms with Crippen LogP contribution in [0.5, 0.6) is 0 Å². The molecule has 23 heavy (non-hydrogen) atoms.